The van der Waals surface area contributed by atoms with Crippen LogP contribution >= 0.6 is 34.5 Å². The number of methoxy groups -OCH3 is 1. The van der Waals surface area contributed by atoms with Crippen LogP contribution in [0.15, 0.2) is 48.5 Å². The normalized spacial score (nSPS) is 12.3. The Balaban J connectivity index is 1.79. The fraction of sp³-hybridized carbons (Fsp3) is 0.217. The third-order valence-corrected chi connectivity index (χ3v) is 6.67. The molecule has 1 atom stereocenters. The molecule has 0 bridgehead atoms. The lowest BCUT2D eigenvalue weighted by atomic mass is 10.0. The van der Waals surface area contributed by atoms with E-state index in [1.165, 1.54) is 19.2 Å². The van der Waals surface area contributed by atoms with E-state index in [-0.39, 0.29) is 16.3 Å². The smallest absolute Gasteiger partial charge is 0.416 e. The molecular weight excluding hydrogens is 498 g/mol. The van der Waals surface area contributed by atoms with Crippen LogP contribution in [-0.4, -0.2) is 19.0 Å². The highest BCUT2D eigenvalue weighted by Crippen LogP contribution is 2.38. The quantitative estimate of drug-likeness (QED) is 0.361. The molecule has 0 radical (unpaired) electrons. The molecule has 0 spiro atoms. The van der Waals surface area contributed by atoms with E-state index in [0.717, 1.165) is 29.0 Å². The second kappa shape index (κ2) is 10.2. The topological polar surface area (TPSA) is 55.4 Å². The molecule has 0 fully saturated rings. The summed E-state index contributed by atoms with van der Waals surface area (Å²) in [5, 5.41) is 2.84. The Kier molecular flexibility index (Phi) is 7.72. The van der Waals surface area contributed by atoms with Gasteiger partial charge in [0.05, 0.1) is 34.2 Å². The van der Waals surface area contributed by atoms with E-state index >= 15 is 0 Å². The number of nitrogens with one attached hydrogen (secondary N) is 1. The highest BCUT2D eigenvalue weighted by atomic mass is 35.5. The van der Waals surface area contributed by atoms with Gasteiger partial charge in [0, 0.05) is 12.0 Å². The Bertz CT molecular complexity index is 1160. The maximum atomic E-state index is 13.0. The van der Waals surface area contributed by atoms with Gasteiger partial charge in [-0.2, -0.15) is 13.2 Å². The molecule has 0 aliphatic carbocycles. The van der Waals surface area contributed by atoms with Crippen molar-refractivity contribution in [3.8, 4) is 0 Å². The molecule has 1 aromatic heterocycles. The molecule has 33 heavy (non-hydrogen) atoms. The number of benzene rings is 2. The van der Waals surface area contributed by atoms with Crippen LogP contribution in [0.5, 0.6) is 0 Å². The molecule has 0 unspecified atom stereocenters. The number of carbonyl (C=O) groups excluding carboxylic acids is 2. The predicted molar refractivity (Wildman–Crippen MR) is 122 cm³/mol. The van der Waals surface area contributed by atoms with Gasteiger partial charge in [0.25, 0.3) is 5.91 Å². The van der Waals surface area contributed by atoms with E-state index in [1.807, 2.05) is 0 Å². The van der Waals surface area contributed by atoms with E-state index in [0.29, 0.717) is 21.0 Å². The van der Waals surface area contributed by atoms with Gasteiger partial charge in [-0.15, -0.1) is 11.3 Å². The number of hydrogen-bond donors (Lipinski definition) is 1. The second-order valence-corrected chi connectivity index (χ2v) is 9.41. The average molecular weight is 516 g/mol. The molecule has 0 aliphatic heterocycles. The van der Waals surface area contributed by atoms with Crippen molar-refractivity contribution in [2.45, 2.75) is 25.6 Å². The standard InChI is InChI=1S/C23H18Cl2F3NO3S/c1-12(14-5-7-15(8-6-14)22(31)32-2)29-21(30)18-17(19(24)33-20(18)25)11-13-3-9-16(10-4-13)23(26,27)28/h3-10,12H,11H2,1-2H3,(H,29,30)/t12-/m0/s1. The second-order valence-electron chi connectivity index (χ2n) is 7.18. The van der Waals surface area contributed by atoms with Gasteiger partial charge in [-0.05, 0) is 42.3 Å². The first-order valence-electron chi connectivity index (χ1n) is 9.63. The van der Waals surface area contributed by atoms with Gasteiger partial charge in [-0.25, -0.2) is 4.79 Å². The molecule has 0 aliphatic rings. The number of amides is 1. The predicted octanol–water partition coefficient (Wildman–Crippen LogP) is 6.94. The van der Waals surface area contributed by atoms with Crippen LogP contribution in [0, 0.1) is 0 Å². The molecule has 3 rings (SSSR count). The minimum atomic E-state index is -4.43. The molecule has 1 heterocycles. The largest absolute Gasteiger partial charge is 0.465 e. The molecule has 174 valence electrons. The van der Waals surface area contributed by atoms with Crippen molar-refractivity contribution in [1.29, 1.82) is 0 Å². The summed E-state index contributed by atoms with van der Waals surface area (Å²) >= 11 is 13.6. The molecule has 4 nitrogen and oxygen atoms in total. The third-order valence-electron chi connectivity index (χ3n) is 4.98. The van der Waals surface area contributed by atoms with Gasteiger partial charge in [0.2, 0.25) is 0 Å². The van der Waals surface area contributed by atoms with Crippen LogP contribution in [-0.2, 0) is 17.3 Å². The molecule has 1 amide bonds. The van der Waals surface area contributed by atoms with Gasteiger partial charge in [0.1, 0.15) is 4.34 Å². The Morgan fingerprint density at radius 2 is 1.64 bits per heavy atom. The highest BCUT2D eigenvalue weighted by Gasteiger charge is 2.30. The average Bonchev–Trinajstić information content (AvgIpc) is 3.05. The maximum absolute atomic E-state index is 13.0. The summed E-state index contributed by atoms with van der Waals surface area (Å²) in [5.74, 6) is -0.930. The number of thiophene rings is 1. The van der Waals surface area contributed by atoms with Crippen LogP contribution in [0.4, 0.5) is 13.2 Å². The van der Waals surface area contributed by atoms with Crippen molar-refractivity contribution in [2.75, 3.05) is 7.11 Å². The van der Waals surface area contributed by atoms with Gasteiger partial charge >= 0.3 is 12.1 Å². The first kappa shape index (κ1) is 25.1. The van der Waals surface area contributed by atoms with Gasteiger partial charge in [0.15, 0.2) is 0 Å². The summed E-state index contributed by atoms with van der Waals surface area (Å²) < 4.78 is 43.6. The summed E-state index contributed by atoms with van der Waals surface area (Å²) in [5.41, 5.74) is 1.55. The zero-order valence-corrected chi connectivity index (χ0v) is 19.8. The zero-order chi connectivity index (χ0) is 24.3. The number of carbonyl (C=O) groups is 2. The Hall–Kier alpha value is -2.55. The van der Waals surface area contributed by atoms with Crippen LogP contribution in [0.25, 0.3) is 0 Å². The summed E-state index contributed by atoms with van der Waals surface area (Å²) in [4.78, 5) is 24.6. The number of halogens is 5. The lowest BCUT2D eigenvalue weighted by Crippen LogP contribution is -2.27. The van der Waals surface area contributed by atoms with Crippen LogP contribution in [0.1, 0.15) is 55.9 Å². The lowest BCUT2D eigenvalue weighted by Gasteiger charge is -2.16. The van der Waals surface area contributed by atoms with Gasteiger partial charge in [-0.1, -0.05) is 47.5 Å². The highest BCUT2D eigenvalue weighted by molar-refractivity contribution is 7.20. The van der Waals surface area contributed by atoms with Crippen molar-refractivity contribution < 1.29 is 27.5 Å². The fourth-order valence-corrected chi connectivity index (χ4v) is 4.90. The first-order chi connectivity index (χ1) is 15.5. The van der Waals surface area contributed by atoms with E-state index in [9.17, 15) is 22.8 Å². The lowest BCUT2D eigenvalue weighted by molar-refractivity contribution is -0.137. The summed E-state index contributed by atoms with van der Waals surface area (Å²) in [6, 6.07) is 10.8. The fourth-order valence-electron chi connectivity index (χ4n) is 3.19. The molecule has 3 aromatic rings. The molecule has 0 saturated carbocycles. The monoisotopic (exact) mass is 515 g/mol. The molecule has 0 saturated heterocycles. The number of hydrogen-bond acceptors (Lipinski definition) is 4. The van der Waals surface area contributed by atoms with Gasteiger partial charge in [-0.3, -0.25) is 4.79 Å². The zero-order valence-electron chi connectivity index (χ0n) is 17.4. The van der Waals surface area contributed by atoms with Crippen molar-refractivity contribution >= 4 is 46.4 Å². The Morgan fingerprint density at radius 1 is 1.03 bits per heavy atom. The van der Waals surface area contributed by atoms with Crippen LogP contribution in [0.2, 0.25) is 8.67 Å². The van der Waals surface area contributed by atoms with Crippen LogP contribution in [0.3, 0.4) is 0 Å². The Labute approximate surface area is 202 Å². The van der Waals surface area contributed by atoms with E-state index in [2.05, 4.69) is 10.1 Å². The summed E-state index contributed by atoms with van der Waals surface area (Å²) in [7, 11) is 1.29. The molecule has 2 aromatic carbocycles. The van der Waals surface area contributed by atoms with Crippen molar-refractivity contribution in [3.05, 3.63) is 90.6 Å². The third kappa shape index (κ3) is 5.88. The summed E-state index contributed by atoms with van der Waals surface area (Å²) in [6.07, 6.45) is -4.29. The van der Waals surface area contributed by atoms with E-state index < -0.39 is 29.7 Å². The Morgan fingerprint density at radius 3 is 2.18 bits per heavy atom. The molecular formula is C23H18Cl2F3NO3S. The van der Waals surface area contributed by atoms with Crippen LogP contribution < -0.4 is 5.32 Å². The van der Waals surface area contributed by atoms with E-state index in [4.69, 9.17) is 23.2 Å². The van der Waals surface area contributed by atoms with Crippen molar-refractivity contribution in [3.63, 3.8) is 0 Å². The number of ether oxygens (including phenoxy) is 1. The van der Waals surface area contributed by atoms with Crippen molar-refractivity contribution in [1.82, 2.24) is 5.32 Å². The van der Waals surface area contributed by atoms with E-state index in [1.54, 1.807) is 31.2 Å². The maximum Gasteiger partial charge on any atom is 0.416 e. The first-order valence-corrected chi connectivity index (χ1v) is 11.2. The number of alkyl halides is 3. The number of rotatable bonds is 6. The molecule has 1 N–H and O–H groups in total. The SMILES string of the molecule is COC(=O)c1ccc([C@H](C)NC(=O)c2c(Cl)sc(Cl)c2Cc2ccc(C(F)(F)F)cc2)cc1. The molecule has 10 heteroatoms. The van der Waals surface area contributed by atoms with Crippen molar-refractivity contribution in [2.24, 2.45) is 0 Å². The van der Waals surface area contributed by atoms with Gasteiger partial charge < -0.3 is 10.1 Å². The number of esters is 1. The minimum absolute atomic E-state index is 0.144. The minimum Gasteiger partial charge on any atom is -0.465 e. The summed E-state index contributed by atoms with van der Waals surface area (Å²) in [6.45, 7) is 1.77.